The Morgan fingerprint density at radius 2 is 1.65 bits per heavy atom. The first-order chi connectivity index (χ1) is 7.77. The fourth-order valence-electron chi connectivity index (χ4n) is 1.45. The standard InChI is InChI=1S/C13H21NO2S/c1-5-10-14-17(15,16)12-8-6-11(7-9-12)13(2,3)4/h6-9,14H,5,10H2,1-4H3. The molecular weight excluding hydrogens is 234 g/mol. The van der Waals surface area contributed by atoms with Crippen molar-refractivity contribution >= 4 is 10.0 Å². The summed E-state index contributed by atoms with van der Waals surface area (Å²) in [5.74, 6) is 0. The van der Waals surface area contributed by atoms with Crippen molar-refractivity contribution < 1.29 is 8.42 Å². The molecule has 0 spiro atoms. The number of benzene rings is 1. The molecule has 0 fully saturated rings. The van der Waals surface area contributed by atoms with Gasteiger partial charge >= 0.3 is 0 Å². The molecule has 1 aromatic carbocycles. The van der Waals surface area contributed by atoms with Crippen LogP contribution in [0.3, 0.4) is 0 Å². The number of nitrogens with one attached hydrogen (secondary N) is 1. The molecule has 0 aromatic heterocycles. The molecule has 1 N–H and O–H groups in total. The predicted octanol–water partition coefficient (Wildman–Crippen LogP) is 2.67. The van der Waals surface area contributed by atoms with E-state index in [-0.39, 0.29) is 5.41 Å². The van der Waals surface area contributed by atoms with Gasteiger partial charge in [-0.15, -0.1) is 0 Å². The lowest BCUT2D eigenvalue weighted by molar-refractivity contribution is 0.578. The smallest absolute Gasteiger partial charge is 0.211 e. The summed E-state index contributed by atoms with van der Waals surface area (Å²) in [4.78, 5) is 0.332. The molecule has 0 aliphatic heterocycles. The van der Waals surface area contributed by atoms with Crippen molar-refractivity contribution in [1.29, 1.82) is 0 Å². The van der Waals surface area contributed by atoms with Crippen molar-refractivity contribution in [2.24, 2.45) is 0 Å². The van der Waals surface area contributed by atoms with Gasteiger partial charge in [0.05, 0.1) is 4.90 Å². The van der Waals surface area contributed by atoms with E-state index < -0.39 is 10.0 Å². The maximum absolute atomic E-state index is 11.8. The highest BCUT2D eigenvalue weighted by Gasteiger charge is 2.16. The van der Waals surface area contributed by atoms with Crippen LogP contribution in [0.15, 0.2) is 29.2 Å². The minimum atomic E-state index is -3.33. The largest absolute Gasteiger partial charge is 0.240 e. The molecule has 0 aliphatic carbocycles. The number of hydrogen-bond acceptors (Lipinski definition) is 2. The van der Waals surface area contributed by atoms with E-state index in [2.05, 4.69) is 25.5 Å². The van der Waals surface area contributed by atoms with Gasteiger partial charge in [0.2, 0.25) is 10.0 Å². The Balaban J connectivity index is 2.95. The lowest BCUT2D eigenvalue weighted by atomic mass is 9.87. The SMILES string of the molecule is CCCNS(=O)(=O)c1ccc(C(C)(C)C)cc1. The average Bonchev–Trinajstić information content (AvgIpc) is 2.25. The quantitative estimate of drug-likeness (QED) is 0.899. The molecule has 1 aromatic rings. The van der Waals surface area contributed by atoms with Crippen LogP contribution < -0.4 is 4.72 Å². The molecule has 96 valence electrons. The van der Waals surface area contributed by atoms with E-state index in [4.69, 9.17) is 0 Å². The summed E-state index contributed by atoms with van der Waals surface area (Å²) in [6.45, 7) is 8.72. The van der Waals surface area contributed by atoms with Gasteiger partial charge in [0, 0.05) is 6.54 Å². The monoisotopic (exact) mass is 255 g/mol. The Morgan fingerprint density at radius 3 is 2.06 bits per heavy atom. The minimum absolute atomic E-state index is 0.0408. The molecule has 0 amide bonds. The molecular formula is C13H21NO2S. The van der Waals surface area contributed by atoms with Crippen molar-refractivity contribution in [1.82, 2.24) is 4.72 Å². The molecule has 0 unspecified atom stereocenters. The highest BCUT2D eigenvalue weighted by atomic mass is 32.2. The van der Waals surface area contributed by atoms with Gasteiger partial charge < -0.3 is 0 Å². The third-order valence-corrected chi connectivity index (χ3v) is 4.05. The zero-order valence-corrected chi connectivity index (χ0v) is 11.8. The Morgan fingerprint density at radius 1 is 1.12 bits per heavy atom. The predicted molar refractivity (Wildman–Crippen MR) is 70.6 cm³/mol. The van der Waals surface area contributed by atoms with Crippen LogP contribution in [0.1, 0.15) is 39.7 Å². The van der Waals surface area contributed by atoms with Crippen molar-refractivity contribution in [2.45, 2.75) is 44.4 Å². The molecule has 0 aliphatic rings. The van der Waals surface area contributed by atoms with Crippen LogP contribution in [0.25, 0.3) is 0 Å². The maximum Gasteiger partial charge on any atom is 0.240 e. The summed E-state index contributed by atoms with van der Waals surface area (Å²) >= 11 is 0. The second-order valence-corrected chi connectivity index (χ2v) is 6.94. The van der Waals surface area contributed by atoms with E-state index in [0.717, 1.165) is 12.0 Å². The van der Waals surface area contributed by atoms with Gasteiger partial charge in [0.25, 0.3) is 0 Å². The van der Waals surface area contributed by atoms with Gasteiger partial charge in [-0.1, -0.05) is 39.8 Å². The zero-order chi connectivity index (χ0) is 13.1. The second kappa shape index (κ2) is 5.19. The van der Waals surface area contributed by atoms with Gasteiger partial charge in [0.1, 0.15) is 0 Å². The van der Waals surface area contributed by atoms with Gasteiger partial charge in [-0.2, -0.15) is 0 Å². The van der Waals surface area contributed by atoms with Gasteiger partial charge in [-0.3, -0.25) is 0 Å². The number of hydrogen-bond donors (Lipinski definition) is 1. The van der Waals surface area contributed by atoms with Crippen molar-refractivity contribution in [3.8, 4) is 0 Å². The van der Waals surface area contributed by atoms with E-state index in [1.165, 1.54) is 0 Å². The van der Waals surface area contributed by atoms with E-state index in [9.17, 15) is 8.42 Å². The Labute approximate surface area is 104 Å². The number of sulfonamides is 1. The van der Waals surface area contributed by atoms with Crippen LogP contribution >= 0.6 is 0 Å². The van der Waals surface area contributed by atoms with Crippen LogP contribution in [0.5, 0.6) is 0 Å². The molecule has 0 bridgehead atoms. The zero-order valence-electron chi connectivity index (χ0n) is 10.9. The van der Waals surface area contributed by atoms with E-state index >= 15 is 0 Å². The van der Waals surface area contributed by atoms with Crippen molar-refractivity contribution in [3.05, 3.63) is 29.8 Å². The number of rotatable bonds is 4. The first-order valence-corrected chi connectivity index (χ1v) is 7.36. The van der Waals surface area contributed by atoms with Crippen LogP contribution in [0.2, 0.25) is 0 Å². The van der Waals surface area contributed by atoms with Crippen LogP contribution in [-0.2, 0) is 15.4 Å². The summed E-state index contributed by atoms with van der Waals surface area (Å²) in [5.41, 5.74) is 1.17. The summed E-state index contributed by atoms with van der Waals surface area (Å²) in [6.07, 6.45) is 0.791. The normalized spacial score (nSPS) is 12.7. The van der Waals surface area contributed by atoms with Crippen molar-refractivity contribution in [2.75, 3.05) is 6.54 Å². The van der Waals surface area contributed by atoms with E-state index in [0.29, 0.717) is 11.4 Å². The van der Waals surface area contributed by atoms with Crippen LogP contribution in [0, 0.1) is 0 Å². The molecule has 0 atom stereocenters. The molecule has 1 rings (SSSR count). The summed E-state index contributed by atoms with van der Waals surface area (Å²) in [7, 11) is -3.33. The fraction of sp³-hybridized carbons (Fsp3) is 0.538. The van der Waals surface area contributed by atoms with E-state index in [1.807, 2.05) is 19.1 Å². The molecule has 0 saturated heterocycles. The third kappa shape index (κ3) is 3.82. The second-order valence-electron chi connectivity index (χ2n) is 5.17. The lowest BCUT2D eigenvalue weighted by Crippen LogP contribution is -2.24. The Hall–Kier alpha value is -0.870. The molecule has 0 saturated carbocycles. The molecule has 3 nitrogen and oxygen atoms in total. The average molecular weight is 255 g/mol. The molecule has 0 heterocycles. The van der Waals surface area contributed by atoms with Gasteiger partial charge in [-0.25, -0.2) is 13.1 Å². The Bertz CT molecular complexity index is 455. The van der Waals surface area contributed by atoms with Crippen LogP contribution in [0.4, 0.5) is 0 Å². The van der Waals surface area contributed by atoms with Crippen LogP contribution in [-0.4, -0.2) is 15.0 Å². The molecule has 0 radical (unpaired) electrons. The first-order valence-electron chi connectivity index (χ1n) is 5.87. The highest BCUT2D eigenvalue weighted by Crippen LogP contribution is 2.23. The Kier molecular flexibility index (Phi) is 4.33. The van der Waals surface area contributed by atoms with Crippen molar-refractivity contribution in [3.63, 3.8) is 0 Å². The fourth-order valence-corrected chi connectivity index (χ4v) is 2.59. The van der Waals surface area contributed by atoms with E-state index in [1.54, 1.807) is 12.1 Å². The van der Waals surface area contributed by atoms with Gasteiger partial charge in [-0.05, 0) is 29.5 Å². The molecule has 17 heavy (non-hydrogen) atoms. The first kappa shape index (κ1) is 14.2. The summed E-state index contributed by atoms with van der Waals surface area (Å²) < 4.78 is 26.2. The minimum Gasteiger partial charge on any atom is -0.211 e. The third-order valence-electron chi connectivity index (χ3n) is 2.57. The topological polar surface area (TPSA) is 46.2 Å². The maximum atomic E-state index is 11.8. The van der Waals surface area contributed by atoms with Gasteiger partial charge in [0.15, 0.2) is 0 Å². The summed E-state index contributed by atoms with van der Waals surface area (Å²) in [5, 5.41) is 0. The lowest BCUT2D eigenvalue weighted by Gasteiger charge is -2.19. The highest BCUT2D eigenvalue weighted by molar-refractivity contribution is 7.89. The molecule has 4 heteroatoms. The summed E-state index contributed by atoms with van der Waals surface area (Å²) in [6, 6.07) is 7.08.